The van der Waals surface area contributed by atoms with Crippen LogP contribution in [0.3, 0.4) is 0 Å². The van der Waals surface area contributed by atoms with Gasteiger partial charge in [0.2, 0.25) is 10.0 Å². The Morgan fingerprint density at radius 2 is 2.00 bits per heavy atom. The fourth-order valence-corrected chi connectivity index (χ4v) is 3.90. The summed E-state index contributed by atoms with van der Waals surface area (Å²) < 4.78 is 37.4. The molecule has 2 aromatic rings. The maximum Gasteiger partial charge on any atom is 0.267 e. The zero-order chi connectivity index (χ0) is 20.1. The highest BCUT2D eigenvalue weighted by atomic mass is 32.2. The molecule has 0 fully saturated rings. The first-order valence-electron chi connectivity index (χ1n) is 8.85. The third-order valence-corrected chi connectivity index (χ3v) is 5.96. The lowest BCUT2D eigenvalue weighted by molar-refractivity contribution is -0.122. The first-order valence-corrected chi connectivity index (χ1v) is 10.5. The van der Waals surface area contributed by atoms with Gasteiger partial charge in [0.05, 0.1) is 18.0 Å². The summed E-state index contributed by atoms with van der Waals surface area (Å²) in [6, 6.07) is 13.6. The van der Waals surface area contributed by atoms with Crippen molar-refractivity contribution >= 4 is 27.3 Å². The lowest BCUT2D eigenvalue weighted by Gasteiger charge is -2.34. The average molecular weight is 402 g/mol. The molecule has 0 saturated carbocycles. The first-order chi connectivity index (χ1) is 13.4. The van der Waals surface area contributed by atoms with E-state index in [4.69, 9.17) is 9.47 Å². The van der Waals surface area contributed by atoms with Gasteiger partial charge < -0.3 is 14.8 Å². The molecule has 1 aliphatic heterocycles. The lowest BCUT2D eigenvalue weighted by atomic mass is 10.2. The van der Waals surface area contributed by atoms with Crippen LogP contribution in [0.2, 0.25) is 0 Å². The van der Waals surface area contributed by atoms with Crippen LogP contribution < -0.4 is 19.1 Å². The number of nitrogens with zero attached hydrogens (tertiary/aromatic N) is 1. The number of anilines is 2. The van der Waals surface area contributed by atoms with Crippen molar-refractivity contribution in [3.63, 3.8) is 0 Å². The van der Waals surface area contributed by atoms with Crippen LogP contribution in [0.4, 0.5) is 11.4 Å². The van der Waals surface area contributed by atoms with E-state index in [2.05, 4.69) is 11.9 Å². The van der Waals surface area contributed by atoms with Crippen molar-refractivity contribution in [3.05, 3.63) is 61.2 Å². The maximum atomic E-state index is 12.7. The molecular formula is C20H22N2O5S. The molecule has 0 spiro atoms. The minimum Gasteiger partial charge on any atom is -0.490 e. The standard InChI is InChI=1S/C20H22N2O5S/c1-3-13-26-16-11-9-15(10-12-16)21-20(23)19-14-22(28(24,25)4-2)17-7-5-6-8-18(17)27-19/h3,5-12,19H,1,4,13-14H2,2H3,(H,21,23)/t19-/m1/s1. The van der Waals surface area contributed by atoms with Gasteiger partial charge in [-0.3, -0.25) is 9.10 Å². The fourth-order valence-electron chi connectivity index (χ4n) is 2.77. The van der Waals surface area contributed by atoms with Crippen LogP contribution in [0.5, 0.6) is 11.5 Å². The van der Waals surface area contributed by atoms with Crippen LogP contribution in [0.15, 0.2) is 61.2 Å². The van der Waals surface area contributed by atoms with Gasteiger partial charge in [-0.25, -0.2) is 8.42 Å². The predicted molar refractivity (Wildman–Crippen MR) is 108 cm³/mol. The van der Waals surface area contributed by atoms with Crippen molar-refractivity contribution in [2.24, 2.45) is 0 Å². The molecule has 1 aliphatic rings. The average Bonchev–Trinajstić information content (AvgIpc) is 2.72. The Hall–Kier alpha value is -3.00. The number of carbonyl (C=O) groups excluding carboxylic acids is 1. The summed E-state index contributed by atoms with van der Waals surface area (Å²) in [5.74, 6) is 0.521. The van der Waals surface area contributed by atoms with Crippen molar-refractivity contribution in [3.8, 4) is 11.5 Å². The molecule has 0 radical (unpaired) electrons. The Balaban J connectivity index is 1.76. The lowest BCUT2D eigenvalue weighted by Crippen LogP contribution is -2.49. The molecular weight excluding hydrogens is 380 g/mol. The number of hydrogen-bond donors (Lipinski definition) is 1. The molecule has 1 amide bonds. The molecule has 2 aromatic carbocycles. The number of benzene rings is 2. The zero-order valence-electron chi connectivity index (χ0n) is 15.5. The van der Waals surface area contributed by atoms with E-state index in [0.717, 1.165) is 0 Å². The highest BCUT2D eigenvalue weighted by Crippen LogP contribution is 2.35. The summed E-state index contributed by atoms with van der Waals surface area (Å²) in [5.41, 5.74) is 1.00. The monoisotopic (exact) mass is 402 g/mol. The minimum atomic E-state index is -3.54. The summed E-state index contributed by atoms with van der Waals surface area (Å²) >= 11 is 0. The fraction of sp³-hybridized carbons (Fsp3) is 0.250. The van der Waals surface area contributed by atoms with E-state index >= 15 is 0 Å². The number of rotatable bonds is 7. The number of ether oxygens (including phenoxy) is 2. The molecule has 0 aromatic heterocycles. The predicted octanol–water partition coefficient (Wildman–Crippen LogP) is 2.81. The van der Waals surface area contributed by atoms with Gasteiger partial charge in [0, 0.05) is 5.69 Å². The van der Waals surface area contributed by atoms with E-state index in [1.54, 1.807) is 61.5 Å². The second-order valence-electron chi connectivity index (χ2n) is 6.12. The number of carbonyl (C=O) groups is 1. The van der Waals surface area contributed by atoms with Gasteiger partial charge in [0.15, 0.2) is 6.10 Å². The van der Waals surface area contributed by atoms with Crippen LogP contribution >= 0.6 is 0 Å². The van der Waals surface area contributed by atoms with Gasteiger partial charge in [-0.2, -0.15) is 0 Å². The molecule has 0 bridgehead atoms. The van der Waals surface area contributed by atoms with Gasteiger partial charge >= 0.3 is 0 Å². The zero-order valence-corrected chi connectivity index (χ0v) is 16.3. The molecule has 28 heavy (non-hydrogen) atoms. The first kappa shape index (κ1) is 19.8. The quantitative estimate of drug-likeness (QED) is 0.720. The SMILES string of the molecule is C=CCOc1ccc(NC(=O)[C@H]2CN(S(=O)(=O)CC)c3ccccc3O2)cc1. The van der Waals surface area contributed by atoms with Crippen LogP contribution in [0, 0.1) is 0 Å². The Morgan fingerprint density at radius 1 is 1.29 bits per heavy atom. The molecule has 1 atom stereocenters. The number of nitrogens with one attached hydrogen (secondary N) is 1. The number of para-hydroxylation sites is 2. The van der Waals surface area contributed by atoms with Crippen molar-refractivity contribution in [2.75, 3.05) is 28.5 Å². The summed E-state index contributed by atoms with van der Waals surface area (Å²) in [4.78, 5) is 12.7. The summed E-state index contributed by atoms with van der Waals surface area (Å²) in [6.07, 6.45) is 0.678. The second-order valence-corrected chi connectivity index (χ2v) is 8.30. The largest absolute Gasteiger partial charge is 0.490 e. The van der Waals surface area contributed by atoms with E-state index in [1.165, 1.54) is 4.31 Å². The Kier molecular flexibility index (Phi) is 5.89. The van der Waals surface area contributed by atoms with Crippen molar-refractivity contribution < 1.29 is 22.7 Å². The van der Waals surface area contributed by atoms with Gasteiger partial charge in [0.25, 0.3) is 5.91 Å². The number of amides is 1. The third kappa shape index (κ3) is 4.28. The van der Waals surface area contributed by atoms with Crippen LogP contribution in [-0.4, -0.2) is 39.3 Å². The van der Waals surface area contributed by atoms with E-state index in [1.807, 2.05) is 0 Å². The highest BCUT2D eigenvalue weighted by molar-refractivity contribution is 7.92. The van der Waals surface area contributed by atoms with Gasteiger partial charge in [-0.05, 0) is 43.3 Å². The van der Waals surface area contributed by atoms with E-state index in [0.29, 0.717) is 29.5 Å². The summed E-state index contributed by atoms with van der Waals surface area (Å²) in [7, 11) is -3.54. The van der Waals surface area contributed by atoms with E-state index in [9.17, 15) is 13.2 Å². The van der Waals surface area contributed by atoms with Gasteiger partial charge in [0.1, 0.15) is 18.1 Å². The Morgan fingerprint density at radius 3 is 2.68 bits per heavy atom. The molecule has 8 heteroatoms. The number of hydrogen-bond acceptors (Lipinski definition) is 5. The second kappa shape index (κ2) is 8.35. The Bertz CT molecular complexity index is 957. The molecule has 1 N–H and O–H groups in total. The molecule has 0 unspecified atom stereocenters. The number of fused-ring (bicyclic) bond motifs is 1. The maximum absolute atomic E-state index is 12.7. The highest BCUT2D eigenvalue weighted by Gasteiger charge is 2.35. The van der Waals surface area contributed by atoms with Gasteiger partial charge in [-0.15, -0.1) is 0 Å². The van der Waals surface area contributed by atoms with E-state index in [-0.39, 0.29) is 12.3 Å². The van der Waals surface area contributed by atoms with Crippen LogP contribution in [-0.2, 0) is 14.8 Å². The van der Waals surface area contributed by atoms with Crippen molar-refractivity contribution in [1.29, 1.82) is 0 Å². The third-order valence-electron chi connectivity index (χ3n) is 4.22. The molecule has 0 aliphatic carbocycles. The summed E-state index contributed by atoms with van der Waals surface area (Å²) in [6.45, 7) is 5.46. The topological polar surface area (TPSA) is 84.9 Å². The van der Waals surface area contributed by atoms with Gasteiger partial charge in [-0.1, -0.05) is 24.8 Å². The van der Waals surface area contributed by atoms with E-state index < -0.39 is 22.0 Å². The smallest absolute Gasteiger partial charge is 0.267 e. The molecule has 0 saturated heterocycles. The summed E-state index contributed by atoms with van der Waals surface area (Å²) in [5, 5.41) is 2.75. The molecule has 3 rings (SSSR count). The normalized spacial score (nSPS) is 15.9. The van der Waals surface area contributed by atoms with Crippen LogP contribution in [0.25, 0.3) is 0 Å². The molecule has 7 nitrogen and oxygen atoms in total. The molecule has 148 valence electrons. The van der Waals surface area contributed by atoms with Crippen molar-refractivity contribution in [2.45, 2.75) is 13.0 Å². The minimum absolute atomic E-state index is 0.0676. The Labute approximate surface area is 164 Å². The van der Waals surface area contributed by atoms with Crippen molar-refractivity contribution in [1.82, 2.24) is 0 Å². The molecule has 1 heterocycles. The van der Waals surface area contributed by atoms with Crippen LogP contribution in [0.1, 0.15) is 6.92 Å². The number of sulfonamides is 1.